The van der Waals surface area contributed by atoms with Crippen molar-refractivity contribution in [1.29, 1.82) is 0 Å². The Bertz CT molecular complexity index is 1700. The van der Waals surface area contributed by atoms with E-state index >= 15 is 0 Å². The van der Waals surface area contributed by atoms with Crippen LogP contribution in [-0.2, 0) is 16.0 Å². The molecule has 2 N–H and O–H groups in total. The number of benzene rings is 3. The van der Waals surface area contributed by atoms with E-state index in [0.29, 0.717) is 34.7 Å². The number of carbonyl (C=O) groups excluding carboxylic acids is 2. The zero-order valence-corrected chi connectivity index (χ0v) is 22.5. The average Bonchev–Trinajstić information content (AvgIpc) is 3.57. The van der Waals surface area contributed by atoms with E-state index in [1.165, 1.54) is 22.3 Å². The minimum Gasteiger partial charge on any atom is -0.507 e. The van der Waals surface area contributed by atoms with Crippen molar-refractivity contribution >= 4 is 55.7 Å². The van der Waals surface area contributed by atoms with Crippen LogP contribution >= 0.6 is 22.9 Å². The molecule has 39 heavy (non-hydrogen) atoms. The van der Waals surface area contributed by atoms with Crippen LogP contribution in [0.2, 0.25) is 5.02 Å². The minimum atomic E-state index is -1.02. The monoisotopic (exact) mass is 562 g/mol. The van der Waals surface area contributed by atoms with Crippen LogP contribution < -0.4 is 14.4 Å². The second kappa shape index (κ2) is 9.59. The van der Waals surface area contributed by atoms with Gasteiger partial charge in [-0.15, -0.1) is 0 Å². The molecule has 0 radical (unpaired) electrons. The highest BCUT2D eigenvalue weighted by Gasteiger charge is 2.48. The number of phenolic OH excluding ortho intramolecular Hbond substituents is 1. The smallest absolute Gasteiger partial charge is 0.301 e. The number of thiazole rings is 1. The summed E-state index contributed by atoms with van der Waals surface area (Å²) < 4.78 is 12.1. The first kappa shape index (κ1) is 25.2. The number of aromatic nitrogens is 1. The zero-order chi connectivity index (χ0) is 27.4. The molecule has 1 aromatic heterocycles. The number of Topliss-reactive ketones (excluding diaryl/α,β-unsaturated/α-hetero) is 1. The van der Waals surface area contributed by atoms with Crippen molar-refractivity contribution in [2.24, 2.45) is 0 Å². The number of aliphatic hydroxyl groups is 1. The fourth-order valence-corrected chi connectivity index (χ4v) is 6.30. The second-order valence-corrected chi connectivity index (χ2v) is 10.8. The van der Waals surface area contributed by atoms with Gasteiger partial charge in [-0.1, -0.05) is 29.0 Å². The normalized spacial score (nSPS) is 19.9. The molecule has 0 aliphatic carbocycles. The molecule has 3 heterocycles. The number of amides is 1. The fraction of sp³-hybridized carbons (Fsp3) is 0.207. The highest BCUT2D eigenvalue weighted by Crippen LogP contribution is 2.46. The quantitative estimate of drug-likeness (QED) is 0.174. The number of nitrogens with zero attached hydrogens (tertiary/aromatic N) is 2. The topological polar surface area (TPSA) is 109 Å². The summed E-state index contributed by atoms with van der Waals surface area (Å²) in [6.45, 7) is 4.03. The van der Waals surface area contributed by atoms with Crippen LogP contribution in [0.4, 0.5) is 5.13 Å². The highest BCUT2D eigenvalue weighted by atomic mass is 35.5. The lowest BCUT2D eigenvalue weighted by Crippen LogP contribution is -2.29. The van der Waals surface area contributed by atoms with Gasteiger partial charge in [0.25, 0.3) is 5.78 Å². The molecule has 198 valence electrons. The molecule has 1 fully saturated rings. The van der Waals surface area contributed by atoms with Gasteiger partial charge in [0.1, 0.15) is 17.6 Å². The maximum Gasteiger partial charge on any atom is 0.301 e. The van der Waals surface area contributed by atoms with E-state index in [0.717, 1.165) is 16.0 Å². The Kier molecular flexibility index (Phi) is 6.20. The first-order valence-electron chi connectivity index (χ1n) is 12.4. The molecule has 0 unspecified atom stereocenters. The number of rotatable bonds is 5. The molecule has 0 bridgehead atoms. The molecular formula is C29H23ClN2O6S. The summed E-state index contributed by atoms with van der Waals surface area (Å²) in [5.41, 5.74) is 2.30. The molecule has 2 atom stereocenters. The Labute approximate surface area is 232 Å². The predicted octanol–water partition coefficient (Wildman–Crippen LogP) is 6.00. The third-order valence-electron chi connectivity index (χ3n) is 6.76. The van der Waals surface area contributed by atoms with E-state index in [4.69, 9.17) is 21.1 Å². The number of aromatic hydroxyl groups is 1. The van der Waals surface area contributed by atoms with Gasteiger partial charge in [0, 0.05) is 17.0 Å². The van der Waals surface area contributed by atoms with Crippen LogP contribution in [0, 0.1) is 0 Å². The number of hydrogen-bond acceptors (Lipinski definition) is 8. The number of ketones is 1. The Balaban J connectivity index is 1.55. The summed E-state index contributed by atoms with van der Waals surface area (Å²) in [5, 5.41) is 22.6. The molecule has 0 saturated carbocycles. The first-order valence-corrected chi connectivity index (χ1v) is 13.6. The van der Waals surface area contributed by atoms with Crippen molar-refractivity contribution in [2.75, 3.05) is 11.5 Å². The molecule has 4 aromatic rings. The van der Waals surface area contributed by atoms with E-state index in [-0.39, 0.29) is 34.1 Å². The van der Waals surface area contributed by atoms with Crippen LogP contribution in [0.3, 0.4) is 0 Å². The van der Waals surface area contributed by atoms with Gasteiger partial charge >= 0.3 is 5.91 Å². The lowest BCUT2D eigenvalue weighted by molar-refractivity contribution is -0.132. The lowest BCUT2D eigenvalue weighted by Gasteiger charge is -2.23. The van der Waals surface area contributed by atoms with Gasteiger partial charge in [-0.05, 0) is 73.5 Å². The first-order chi connectivity index (χ1) is 18.7. The van der Waals surface area contributed by atoms with Crippen molar-refractivity contribution in [3.63, 3.8) is 0 Å². The molecule has 1 saturated heterocycles. The van der Waals surface area contributed by atoms with Crippen molar-refractivity contribution < 1.29 is 29.3 Å². The summed E-state index contributed by atoms with van der Waals surface area (Å²) in [6.07, 6.45) is 0.669. The molecule has 2 aliphatic heterocycles. The second-order valence-electron chi connectivity index (χ2n) is 9.39. The molecule has 6 rings (SSSR count). The Morgan fingerprint density at radius 3 is 2.79 bits per heavy atom. The molecule has 3 aromatic carbocycles. The average molecular weight is 563 g/mol. The molecular weight excluding hydrogens is 540 g/mol. The Morgan fingerprint density at radius 2 is 2.00 bits per heavy atom. The van der Waals surface area contributed by atoms with Gasteiger partial charge in [0.05, 0.1) is 28.4 Å². The van der Waals surface area contributed by atoms with Crippen molar-refractivity contribution in [3.05, 3.63) is 81.9 Å². The van der Waals surface area contributed by atoms with Crippen LogP contribution in [0.15, 0.2) is 60.2 Å². The number of halogens is 1. The van der Waals surface area contributed by atoms with E-state index < -0.39 is 17.7 Å². The molecule has 2 aliphatic rings. The van der Waals surface area contributed by atoms with Gasteiger partial charge in [-0.25, -0.2) is 4.98 Å². The summed E-state index contributed by atoms with van der Waals surface area (Å²) in [4.78, 5) is 33.0. The SMILES string of the molecule is CCOc1cc([C@H]2C(=C(O)c3ccc4c(c3)C[C@@H](C)O4)C(=O)C(=O)N2c2nc3ccc(Cl)cc3s2)ccc1O. The predicted molar refractivity (Wildman–Crippen MR) is 149 cm³/mol. The van der Waals surface area contributed by atoms with E-state index in [9.17, 15) is 19.8 Å². The van der Waals surface area contributed by atoms with Gasteiger partial charge in [0.15, 0.2) is 16.6 Å². The number of carbonyl (C=O) groups is 2. The summed E-state index contributed by atoms with van der Waals surface area (Å²) in [6, 6.07) is 14.0. The van der Waals surface area contributed by atoms with Crippen molar-refractivity contribution in [3.8, 4) is 17.2 Å². The summed E-state index contributed by atoms with van der Waals surface area (Å²) >= 11 is 7.38. The van der Waals surface area contributed by atoms with E-state index in [1.54, 1.807) is 55.5 Å². The van der Waals surface area contributed by atoms with Crippen LogP contribution in [-0.4, -0.2) is 39.6 Å². The minimum absolute atomic E-state index is 0.00416. The maximum atomic E-state index is 13.6. The largest absolute Gasteiger partial charge is 0.507 e. The van der Waals surface area contributed by atoms with Crippen LogP contribution in [0.1, 0.15) is 36.6 Å². The number of fused-ring (bicyclic) bond motifs is 2. The Hall–Kier alpha value is -4.08. The van der Waals surface area contributed by atoms with Crippen LogP contribution in [0.5, 0.6) is 17.2 Å². The molecule has 8 nitrogen and oxygen atoms in total. The third-order valence-corrected chi connectivity index (χ3v) is 8.01. The number of aliphatic hydroxyl groups excluding tert-OH is 1. The lowest BCUT2D eigenvalue weighted by atomic mass is 9.94. The zero-order valence-electron chi connectivity index (χ0n) is 21.0. The maximum absolute atomic E-state index is 13.6. The third kappa shape index (κ3) is 4.27. The molecule has 0 spiro atoms. The fourth-order valence-electron chi connectivity index (χ4n) is 5.03. The number of anilines is 1. The number of hydrogen-bond donors (Lipinski definition) is 2. The van der Waals surface area contributed by atoms with E-state index in [2.05, 4.69) is 4.98 Å². The van der Waals surface area contributed by atoms with Gasteiger partial charge in [-0.2, -0.15) is 0 Å². The number of ether oxygens (including phenoxy) is 2. The van der Waals surface area contributed by atoms with Gasteiger partial charge in [-0.3, -0.25) is 14.5 Å². The van der Waals surface area contributed by atoms with Gasteiger partial charge in [0.2, 0.25) is 0 Å². The molecule has 1 amide bonds. The summed E-state index contributed by atoms with van der Waals surface area (Å²) in [7, 11) is 0. The van der Waals surface area contributed by atoms with Crippen molar-refractivity contribution in [2.45, 2.75) is 32.4 Å². The van der Waals surface area contributed by atoms with Crippen molar-refractivity contribution in [1.82, 2.24) is 4.98 Å². The summed E-state index contributed by atoms with van der Waals surface area (Å²) in [5.74, 6) is -1.13. The standard InChI is InChI=1S/C29H23ClN2O6S/c1-3-37-22-12-15(4-8-20(22)33)25-24(26(34)16-5-9-21-17(11-16)10-14(2)38-21)27(35)28(36)32(25)29-31-19-7-6-18(30)13-23(19)39-29/h4-9,11-14,25,33-34H,3,10H2,1-2H3/t14-,25+/m1/s1. The Morgan fingerprint density at radius 1 is 1.18 bits per heavy atom. The molecule has 10 heteroatoms. The highest BCUT2D eigenvalue weighted by molar-refractivity contribution is 7.22. The number of phenols is 1. The van der Waals surface area contributed by atoms with Crippen LogP contribution in [0.25, 0.3) is 16.0 Å². The van der Waals surface area contributed by atoms with E-state index in [1.807, 2.05) is 6.92 Å². The van der Waals surface area contributed by atoms with Gasteiger partial charge < -0.3 is 19.7 Å².